The van der Waals surface area contributed by atoms with Gasteiger partial charge in [0.2, 0.25) is 5.91 Å². The van der Waals surface area contributed by atoms with E-state index in [1.165, 1.54) is 18.7 Å². The van der Waals surface area contributed by atoms with Gasteiger partial charge in [-0.05, 0) is 66.9 Å². The molecule has 8 nitrogen and oxygen atoms in total. The predicted octanol–water partition coefficient (Wildman–Crippen LogP) is 6.35. The molecule has 0 radical (unpaired) electrons. The molecule has 3 aliphatic rings. The maximum atomic E-state index is 14.7. The summed E-state index contributed by atoms with van der Waals surface area (Å²) in [5, 5.41) is 5.10. The van der Waals surface area contributed by atoms with E-state index in [1.807, 2.05) is 62.5 Å². The zero-order valence-corrected chi connectivity index (χ0v) is 29.3. The molecule has 3 amide bonds. The summed E-state index contributed by atoms with van der Waals surface area (Å²) >= 11 is 14.0. The molecule has 45 heavy (non-hydrogen) atoms. The van der Waals surface area contributed by atoms with Crippen molar-refractivity contribution in [2.75, 3.05) is 27.2 Å². The first-order valence-electron chi connectivity index (χ1n) is 15.4. The number of nitrogens with zero attached hydrogens (tertiary/aromatic N) is 4. The fraction of sp³-hybridized carbons (Fsp3) is 0.471. The van der Waals surface area contributed by atoms with E-state index in [-0.39, 0.29) is 40.2 Å². The van der Waals surface area contributed by atoms with Crippen LogP contribution in [-0.4, -0.2) is 76.4 Å². The third kappa shape index (κ3) is 6.04. The lowest BCUT2D eigenvalue weighted by Gasteiger charge is -2.37. The van der Waals surface area contributed by atoms with Crippen molar-refractivity contribution in [3.63, 3.8) is 0 Å². The number of rotatable bonds is 8. The first-order chi connectivity index (χ1) is 21.2. The number of aliphatic imine (C=N–C) groups is 1. The highest BCUT2D eigenvalue weighted by molar-refractivity contribution is 8.18. The smallest absolute Gasteiger partial charge is 0.349 e. The Hall–Kier alpha value is -2.85. The number of amides is 3. The summed E-state index contributed by atoms with van der Waals surface area (Å²) in [6.07, 6.45) is 1.39. The van der Waals surface area contributed by atoms with Crippen LogP contribution >= 0.6 is 35.0 Å². The molecule has 5 atom stereocenters. The molecule has 0 spiro atoms. The number of amidine groups is 1. The van der Waals surface area contributed by atoms with Crippen LogP contribution in [0, 0.1) is 5.92 Å². The number of quaternary nitrogens is 1. The average molecular weight is 672 g/mol. The molecule has 0 aliphatic carbocycles. The largest absolute Gasteiger partial charge is 0.354 e. The lowest BCUT2D eigenvalue weighted by atomic mass is 9.81. The molecule has 1 unspecified atom stereocenters. The van der Waals surface area contributed by atoms with Crippen molar-refractivity contribution in [2.45, 2.75) is 71.1 Å². The number of likely N-dealkylation sites (N-methyl/N-ethyl adjacent to an activating group) is 2. The van der Waals surface area contributed by atoms with Crippen molar-refractivity contribution < 1.29 is 18.9 Å². The summed E-state index contributed by atoms with van der Waals surface area (Å²) in [6.45, 7) is 10.6. The first kappa shape index (κ1) is 33.5. The maximum Gasteiger partial charge on any atom is 0.354 e. The minimum Gasteiger partial charge on any atom is -0.349 e. The molecule has 2 aromatic carbocycles. The lowest BCUT2D eigenvalue weighted by Crippen LogP contribution is -2.59. The number of likely N-dealkylation sites (tertiary alicyclic amines) is 1. The van der Waals surface area contributed by atoms with Crippen LogP contribution in [0.1, 0.15) is 64.6 Å². The minimum atomic E-state index is -0.659. The van der Waals surface area contributed by atoms with Crippen molar-refractivity contribution in [1.82, 2.24) is 15.1 Å². The van der Waals surface area contributed by atoms with Gasteiger partial charge in [0, 0.05) is 55.1 Å². The van der Waals surface area contributed by atoms with Gasteiger partial charge in [-0.15, -0.1) is 0 Å². The Balaban J connectivity index is 1.51. The van der Waals surface area contributed by atoms with Gasteiger partial charge in [0.25, 0.3) is 5.91 Å². The number of hydrogen-bond acceptors (Lipinski definition) is 6. The third-order valence-electron chi connectivity index (χ3n) is 9.65. The van der Waals surface area contributed by atoms with Crippen LogP contribution in [-0.2, 0) is 19.9 Å². The fourth-order valence-corrected chi connectivity index (χ4v) is 8.50. The van der Waals surface area contributed by atoms with Gasteiger partial charge >= 0.3 is 5.91 Å². The van der Waals surface area contributed by atoms with Crippen LogP contribution in [0.5, 0.6) is 0 Å². The van der Waals surface area contributed by atoms with Crippen molar-refractivity contribution in [3.8, 4) is 0 Å². The summed E-state index contributed by atoms with van der Waals surface area (Å²) in [7, 11) is 3.61. The Labute approximate surface area is 280 Å². The molecule has 1 fully saturated rings. The summed E-state index contributed by atoms with van der Waals surface area (Å²) in [6, 6.07) is 14.7. The van der Waals surface area contributed by atoms with E-state index in [2.05, 4.69) is 31.0 Å². The molecule has 0 aromatic heterocycles. The van der Waals surface area contributed by atoms with Crippen LogP contribution in [0.15, 0.2) is 64.1 Å². The quantitative estimate of drug-likeness (QED) is 0.331. The molecule has 1 saturated heterocycles. The van der Waals surface area contributed by atoms with E-state index >= 15 is 0 Å². The Kier molecular flexibility index (Phi) is 9.49. The number of thioether (sulfide) groups is 1. The average Bonchev–Trinajstić information content (AvgIpc) is 3.65. The third-order valence-corrected chi connectivity index (χ3v) is 11.2. The van der Waals surface area contributed by atoms with Gasteiger partial charge in [-0.3, -0.25) is 9.59 Å². The van der Waals surface area contributed by atoms with Crippen LogP contribution < -0.4 is 5.32 Å². The number of hydrogen-bond donors (Lipinski definition) is 1. The number of carbonyl (C=O) groups is 3. The van der Waals surface area contributed by atoms with E-state index in [9.17, 15) is 14.4 Å². The van der Waals surface area contributed by atoms with E-state index in [4.69, 9.17) is 28.2 Å². The van der Waals surface area contributed by atoms with Gasteiger partial charge in [-0.1, -0.05) is 61.3 Å². The number of carbonyl (C=O) groups excluding carboxylic acids is 3. The highest BCUT2D eigenvalue weighted by atomic mass is 35.5. The normalized spacial score (nSPS) is 26.6. The molecular formula is C34H42Cl2N5O3S+. The maximum absolute atomic E-state index is 14.7. The van der Waals surface area contributed by atoms with Gasteiger partial charge in [0.15, 0.2) is 11.2 Å². The van der Waals surface area contributed by atoms with Gasteiger partial charge in [-0.25, -0.2) is 14.3 Å². The topological polar surface area (TPSA) is 82.1 Å². The molecule has 5 rings (SSSR count). The standard InChI is InChI=1S/C34H41Cl2N5O3S/c1-20(2)28-29(32(44)41(7)18-8-9-27(41)31(43)37-19-21(3)39(6)22(4)42)45-33-38-34(5,24-12-16-26(36)17-13-24)30(40(28)33)23-10-14-25(35)15-11-23/h10-17,20-21,27,30H,8-9,18-19H2,1-7H3/p+1/t21-,27-,30+,34-,41?/m0/s1. The Bertz CT molecular complexity index is 1560. The summed E-state index contributed by atoms with van der Waals surface area (Å²) in [4.78, 5) is 49.8. The first-order valence-corrected chi connectivity index (χ1v) is 17.0. The van der Waals surface area contributed by atoms with Crippen LogP contribution in [0.2, 0.25) is 10.0 Å². The zero-order chi connectivity index (χ0) is 32.8. The molecular weight excluding hydrogens is 629 g/mol. The van der Waals surface area contributed by atoms with E-state index in [0.717, 1.165) is 28.4 Å². The number of allylic oxidation sites excluding steroid dienone is 1. The lowest BCUT2D eigenvalue weighted by molar-refractivity contribution is -0.835. The van der Waals surface area contributed by atoms with E-state index in [0.29, 0.717) is 34.5 Å². The number of nitrogens with one attached hydrogen (secondary N) is 1. The Morgan fingerprint density at radius 1 is 1.09 bits per heavy atom. The van der Waals surface area contributed by atoms with E-state index in [1.54, 1.807) is 11.9 Å². The van der Waals surface area contributed by atoms with Crippen LogP contribution in [0.4, 0.5) is 0 Å². The number of halogens is 2. The summed E-state index contributed by atoms with van der Waals surface area (Å²) in [5.41, 5.74) is 2.31. The molecule has 3 heterocycles. The molecule has 11 heteroatoms. The Morgan fingerprint density at radius 2 is 1.69 bits per heavy atom. The SMILES string of the molecule is CC(=O)N(C)[C@@H](C)CNC(=O)[C@@H]1CCC[N+]1(C)C(=O)C1=C(C(C)C)N2C(=N[C@@](C)(c3ccc(Cl)cc3)[C@H]2c2ccc(Cl)cc2)S1. The van der Waals surface area contributed by atoms with Crippen molar-refractivity contribution in [1.29, 1.82) is 0 Å². The van der Waals surface area contributed by atoms with Gasteiger partial charge in [0.05, 0.1) is 19.6 Å². The molecule has 0 saturated carbocycles. The molecule has 3 aliphatic heterocycles. The highest BCUT2D eigenvalue weighted by Gasteiger charge is 2.57. The fourth-order valence-electron chi connectivity index (χ4n) is 6.80. The Morgan fingerprint density at radius 3 is 2.27 bits per heavy atom. The van der Waals surface area contributed by atoms with Crippen molar-refractivity contribution in [2.24, 2.45) is 10.9 Å². The van der Waals surface area contributed by atoms with E-state index < -0.39 is 11.6 Å². The van der Waals surface area contributed by atoms with Gasteiger partial charge in [-0.2, -0.15) is 0 Å². The monoisotopic (exact) mass is 670 g/mol. The second-order valence-electron chi connectivity index (χ2n) is 13.0. The second kappa shape index (κ2) is 12.7. The molecule has 240 valence electrons. The minimum absolute atomic E-state index is 0.00248. The van der Waals surface area contributed by atoms with Crippen LogP contribution in [0.25, 0.3) is 0 Å². The molecule has 1 N–H and O–H groups in total. The van der Waals surface area contributed by atoms with Gasteiger partial charge in [0.1, 0.15) is 10.4 Å². The molecule has 2 aromatic rings. The predicted molar refractivity (Wildman–Crippen MR) is 182 cm³/mol. The highest BCUT2D eigenvalue weighted by Crippen LogP contribution is 2.56. The van der Waals surface area contributed by atoms with Crippen molar-refractivity contribution >= 4 is 57.9 Å². The number of fused-ring (bicyclic) bond motifs is 1. The summed E-state index contributed by atoms with van der Waals surface area (Å²) in [5.74, 6) is -0.271. The van der Waals surface area contributed by atoms with Crippen molar-refractivity contribution in [3.05, 3.63) is 80.3 Å². The number of benzene rings is 2. The summed E-state index contributed by atoms with van der Waals surface area (Å²) < 4.78 is 0.00248. The van der Waals surface area contributed by atoms with Crippen LogP contribution in [0.3, 0.4) is 0 Å². The zero-order valence-electron chi connectivity index (χ0n) is 26.9. The second-order valence-corrected chi connectivity index (χ2v) is 14.9. The van der Waals surface area contributed by atoms with Gasteiger partial charge < -0.3 is 15.1 Å². The molecule has 0 bridgehead atoms.